The molecule has 1 saturated heterocycles. The molecule has 0 atom stereocenters. The zero-order chi connectivity index (χ0) is 5.98. The molecule has 0 amide bonds. The Balaban J connectivity index is 2.29. The predicted molar refractivity (Wildman–Crippen MR) is 47.0 cm³/mol. The maximum Gasteiger partial charge on any atom is 0.00186 e. The van der Waals surface area contributed by atoms with Gasteiger partial charge >= 0.3 is 0 Å². The van der Waals surface area contributed by atoms with Gasteiger partial charge in [0.2, 0.25) is 0 Å². The number of hydrogen-bond donors (Lipinski definition) is 0. The lowest BCUT2D eigenvalue weighted by Gasteiger charge is -2.18. The second kappa shape index (κ2) is 3.24. The highest BCUT2D eigenvalue weighted by Crippen LogP contribution is 2.32. The average Bonchev–Trinajstić information content (AvgIpc) is 1.77. The van der Waals surface area contributed by atoms with Crippen LogP contribution in [0.15, 0.2) is 0 Å². The largest absolute Gasteiger partial charge is 0.121 e. The van der Waals surface area contributed by atoms with Crippen molar-refractivity contribution in [1.82, 2.24) is 0 Å². The summed E-state index contributed by atoms with van der Waals surface area (Å²) >= 11 is 5.18. The van der Waals surface area contributed by atoms with Crippen LogP contribution in [0.4, 0.5) is 0 Å². The molecule has 0 bridgehead atoms. The predicted octanol–water partition coefficient (Wildman–Crippen LogP) is 1.19. The van der Waals surface area contributed by atoms with Crippen molar-refractivity contribution in [3.63, 3.8) is 0 Å². The van der Waals surface area contributed by atoms with Gasteiger partial charge in [0.25, 0.3) is 0 Å². The number of hydrogen-bond acceptors (Lipinski definition) is 1. The molecule has 0 nitrogen and oxygen atoms in total. The topological polar surface area (TPSA) is 0 Å². The molecule has 0 N–H and O–H groups in total. The molecule has 0 aliphatic carbocycles. The molecule has 0 unspecified atom stereocenters. The quantitative estimate of drug-likeness (QED) is 0.487. The minimum Gasteiger partial charge on any atom is -0.121 e. The Morgan fingerprint density at radius 3 is 2.25 bits per heavy atom. The van der Waals surface area contributed by atoms with E-state index in [4.69, 9.17) is 11.2 Å². The summed E-state index contributed by atoms with van der Waals surface area (Å²) < 4.78 is 0. The number of rotatable bonds is 0. The highest BCUT2D eigenvalue weighted by molar-refractivity contribution is 8.29. The van der Waals surface area contributed by atoms with Crippen LogP contribution in [0.5, 0.6) is 0 Å². The summed E-state index contributed by atoms with van der Waals surface area (Å²) in [5, 5.41) is 0. The Labute approximate surface area is 59.4 Å². The highest BCUT2D eigenvalue weighted by Gasteiger charge is 2.09. The molecular weight excluding hydrogens is 155 g/mol. The van der Waals surface area contributed by atoms with Gasteiger partial charge < -0.3 is 0 Å². The lowest BCUT2D eigenvalue weighted by Crippen LogP contribution is -2.14. The molecule has 1 aliphatic heterocycles. The van der Waals surface area contributed by atoms with Crippen molar-refractivity contribution >= 4 is 28.6 Å². The summed E-state index contributed by atoms with van der Waals surface area (Å²) in [5.74, 6) is 2.69. The van der Waals surface area contributed by atoms with Crippen molar-refractivity contribution < 1.29 is 0 Å². The van der Waals surface area contributed by atoms with E-state index in [0.717, 1.165) is 0 Å². The smallest absolute Gasteiger partial charge is 0.00186 e. The maximum absolute atomic E-state index is 5.18. The Hall–Kier alpha value is 1.00. The fourth-order valence-corrected chi connectivity index (χ4v) is 6.62. The molecule has 0 aromatic heterocycles. The van der Waals surface area contributed by atoms with Gasteiger partial charge in [-0.05, 0) is 19.0 Å². The Morgan fingerprint density at radius 1 is 1.38 bits per heavy atom. The Morgan fingerprint density at radius 2 is 1.88 bits per heavy atom. The van der Waals surface area contributed by atoms with Gasteiger partial charge in [-0.3, -0.25) is 0 Å². The molecule has 1 aliphatic rings. The van der Waals surface area contributed by atoms with Crippen LogP contribution in [0.2, 0.25) is 0 Å². The van der Waals surface area contributed by atoms with E-state index < -0.39 is 0 Å². The summed E-state index contributed by atoms with van der Waals surface area (Å²) in [7, 11) is 0.811. The summed E-state index contributed by atoms with van der Waals surface area (Å²) in [6.07, 6.45) is 2.89. The molecule has 48 valence electrons. The normalized spacial score (nSPS) is 39.6. The van der Waals surface area contributed by atoms with Gasteiger partial charge in [-0.2, -0.15) is 0 Å². The zero-order valence-corrected chi connectivity index (χ0v) is 7.62. The monoisotopic (exact) mass is 166 g/mol. The molecule has 1 heterocycles. The summed E-state index contributed by atoms with van der Waals surface area (Å²) in [6, 6.07) is 0. The van der Waals surface area contributed by atoms with Gasteiger partial charge in [-0.1, -0.05) is 11.2 Å². The first-order valence-corrected chi connectivity index (χ1v) is 7.47. The summed E-state index contributed by atoms with van der Waals surface area (Å²) in [5.41, 5.74) is 0. The van der Waals surface area contributed by atoms with E-state index in [2.05, 4.69) is 6.66 Å². The van der Waals surface area contributed by atoms with E-state index in [1.165, 1.54) is 23.8 Å². The van der Waals surface area contributed by atoms with Gasteiger partial charge in [0.15, 0.2) is 0 Å². The lowest BCUT2D eigenvalue weighted by atomic mass is 10.9. The minimum absolute atomic E-state index is 0.389. The summed E-state index contributed by atoms with van der Waals surface area (Å²) in [4.78, 5) is 0. The minimum atomic E-state index is 0.389. The maximum atomic E-state index is 5.18. The van der Waals surface area contributed by atoms with E-state index in [1.807, 2.05) is 0 Å². The lowest BCUT2D eigenvalue weighted by molar-refractivity contribution is 1.38. The first-order valence-electron chi connectivity index (χ1n) is 2.82. The van der Waals surface area contributed by atoms with Gasteiger partial charge in [-0.15, -0.1) is 17.4 Å². The van der Waals surface area contributed by atoms with E-state index in [-0.39, 0.29) is 0 Å². The van der Waals surface area contributed by atoms with Crippen LogP contribution < -0.4 is 0 Å². The van der Waals surface area contributed by atoms with Gasteiger partial charge in [-0.25, -0.2) is 0 Å². The summed E-state index contributed by atoms with van der Waals surface area (Å²) in [6.45, 7) is 2.39. The van der Waals surface area contributed by atoms with Crippen LogP contribution in [0.3, 0.4) is 0 Å². The van der Waals surface area contributed by atoms with E-state index in [9.17, 15) is 0 Å². The van der Waals surface area contributed by atoms with Crippen LogP contribution in [0.1, 0.15) is 0 Å². The van der Waals surface area contributed by atoms with Gasteiger partial charge in [0.1, 0.15) is 0 Å². The molecule has 8 heavy (non-hydrogen) atoms. The second-order valence-corrected chi connectivity index (χ2v) is 7.87. The van der Waals surface area contributed by atoms with E-state index in [0.29, 0.717) is 17.4 Å². The van der Waals surface area contributed by atoms with Crippen molar-refractivity contribution in [3.05, 3.63) is 0 Å². The van der Waals surface area contributed by atoms with Crippen molar-refractivity contribution in [1.29, 1.82) is 0 Å². The van der Waals surface area contributed by atoms with E-state index in [1.54, 1.807) is 0 Å². The van der Waals surface area contributed by atoms with Crippen molar-refractivity contribution in [3.8, 4) is 0 Å². The standard InChI is InChI=1S/C5H11PS2/c1-6-2-4-8(7)5-3-6/h2-5H2,1H3. The van der Waals surface area contributed by atoms with Crippen molar-refractivity contribution in [2.24, 2.45) is 0 Å². The second-order valence-electron chi connectivity index (χ2n) is 2.15. The van der Waals surface area contributed by atoms with Crippen LogP contribution in [0, 0.1) is 0 Å². The molecule has 0 spiro atoms. The molecule has 0 aromatic rings. The average molecular weight is 166 g/mol. The molecule has 3 heteroatoms. The molecule has 0 radical (unpaired) electrons. The Bertz CT molecular complexity index is 92.6. The van der Waals surface area contributed by atoms with Crippen molar-refractivity contribution in [2.75, 3.05) is 30.5 Å². The fraction of sp³-hybridized carbons (Fsp3) is 1.00. The van der Waals surface area contributed by atoms with Crippen molar-refractivity contribution in [2.45, 2.75) is 0 Å². The van der Waals surface area contributed by atoms with Gasteiger partial charge in [0, 0.05) is 11.5 Å². The van der Waals surface area contributed by atoms with Crippen LogP contribution in [-0.4, -0.2) is 30.5 Å². The molecule has 0 aromatic carbocycles. The third-order valence-corrected chi connectivity index (χ3v) is 6.30. The first-order chi connectivity index (χ1) is 3.79. The SMILES string of the molecule is CP1CCS(=S)CC1. The molecule has 1 fully saturated rings. The third-order valence-electron chi connectivity index (χ3n) is 1.40. The molecular formula is C5H11PS2. The van der Waals surface area contributed by atoms with E-state index >= 15 is 0 Å². The first kappa shape index (κ1) is 7.11. The van der Waals surface area contributed by atoms with Gasteiger partial charge in [0.05, 0.1) is 0 Å². The highest BCUT2D eigenvalue weighted by atomic mass is 32.8. The van der Waals surface area contributed by atoms with Crippen LogP contribution >= 0.6 is 7.92 Å². The Kier molecular flexibility index (Phi) is 2.88. The molecule has 0 saturated carbocycles. The van der Waals surface area contributed by atoms with Crippen LogP contribution in [-0.2, 0) is 20.6 Å². The fourth-order valence-electron chi connectivity index (χ4n) is 0.729. The zero-order valence-electron chi connectivity index (χ0n) is 5.09. The third kappa shape index (κ3) is 2.08. The molecule has 1 rings (SSSR count). The van der Waals surface area contributed by atoms with Crippen LogP contribution in [0.25, 0.3) is 0 Å².